The largest absolute Gasteiger partial charge is 0.556 e. The molecule has 4 heteroatoms. The van der Waals surface area contributed by atoms with E-state index in [1.54, 1.807) is 0 Å². The molecule has 0 heterocycles. The van der Waals surface area contributed by atoms with Crippen LogP contribution in [0.2, 0.25) is 19.6 Å². The molecule has 20 heavy (non-hydrogen) atoms. The molecule has 0 aromatic heterocycles. The van der Waals surface area contributed by atoms with Crippen LogP contribution in [0.5, 0.6) is 0 Å². The first-order valence-corrected chi connectivity index (χ1v) is 12.2. The van der Waals surface area contributed by atoms with Crippen LogP contribution in [-0.4, -0.2) is 24.9 Å². The Morgan fingerprint density at radius 1 is 1.20 bits per heavy atom. The van der Waals surface area contributed by atoms with E-state index in [0.29, 0.717) is 6.10 Å². The van der Waals surface area contributed by atoms with Crippen molar-refractivity contribution in [3.63, 3.8) is 0 Å². The van der Waals surface area contributed by atoms with Crippen LogP contribution in [0.25, 0.3) is 0 Å². The van der Waals surface area contributed by atoms with Crippen molar-refractivity contribution in [2.24, 2.45) is 5.41 Å². The summed E-state index contributed by atoms with van der Waals surface area (Å²) >= 11 is 0. The summed E-state index contributed by atoms with van der Waals surface area (Å²) in [6, 6.07) is 0. The molecule has 0 radical (unpaired) electrons. The maximum atomic E-state index is 6.34. The fourth-order valence-electron chi connectivity index (χ4n) is 2.28. The van der Waals surface area contributed by atoms with Gasteiger partial charge in [0.1, 0.15) is 0 Å². The summed E-state index contributed by atoms with van der Waals surface area (Å²) in [7, 11) is -0.711. The summed E-state index contributed by atoms with van der Waals surface area (Å²) in [5, 5.41) is 0. The molecule has 0 aromatic carbocycles. The van der Waals surface area contributed by atoms with E-state index in [4.69, 9.17) is 8.85 Å². The fourth-order valence-corrected chi connectivity index (χ4v) is 4.27. The second-order valence-electron chi connectivity index (χ2n) is 7.61. The lowest BCUT2D eigenvalue weighted by Gasteiger charge is -2.27. The molecule has 0 fully saturated rings. The molecule has 0 saturated carbocycles. The van der Waals surface area contributed by atoms with E-state index >= 15 is 0 Å². The maximum absolute atomic E-state index is 6.34. The predicted octanol–water partition coefficient (Wildman–Crippen LogP) is 4.40. The Labute approximate surface area is 131 Å². The summed E-state index contributed by atoms with van der Waals surface area (Å²) < 4.78 is 12.0. The Bertz CT molecular complexity index is 288. The standard InChI is InChI=1S/C16H36O2Si2/c1-8-9-10-11-14(18-20(5,6)7)12-13-15(17-19)16(2,3)4/h13-14H,8-12H2,1-7,19H3. The van der Waals surface area contributed by atoms with Crippen molar-refractivity contribution in [1.82, 2.24) is 0 Å². The van der Waals surface area contributed by atoms with Gasteiger partial charge in [0, 0.05) is 11.5 Å². The molecule has 0 aliphatic heterocycles. The summed E-state index contributed by atoms with van der Waals surface area (Å²) in [5.41, 5.74) is 0.106. The summed E-state index contributed by atoms with van der Waals surface area (Å²) in [4.78, 5) is 0. The van der Waals surface area contributed by atoms with Gasteiger partial charge in [0.2, 0.25) is 10.5 Å². The fraction of sp³-hybridized carbons (Fsp3) is 0.875. The van der Waals surface area contributed by atoms with Gasteiger partial charge < -0.3 is 8.85 Å². The highest BCUT2D eigenvalue weighted by Gasteiger charge is 2.22. The second-order valence-corrected chi connectivity index (χ2v) is 12.5. The van der Waals surface area contributed by atoms with E-state index in [1.807, 2.05) is 0 Å². The van der Waals surface area contributed by atoms with E-state index in [9.17, 15) is 0 Å². The van der Waals surface area contributed by atoms with Crippen LogP contribution in [0.3, 0.4) is 0 Å². The van der Waals surface area contributed by atoms with Crippen molar-refractivity contribution in [1.29, 1.82) is 0 Å². The molecular weight excluding hydrogens is 280 g/mol. The van der Waals surface area contributed by atoms with Gasteiger partial charge in [0.25, 0.3) is 0 Å². The third-order valence-corrected chi connectivity index (χ3v) is 4.66. The van der Waals surface area contributed by atoms with E-state index in [2.05, 4.69) is 53.4 Å². The Kier molecular flexibility index (Phi) is 9.02. The third kappa shape index (κ3) is 9.78. The molecule has 0 aromatic rings. The van der Waals surface area contributed by atoms with Gasteiger partial charge in [-0.3, -0.25) is 0 Å². The molecule has 0 rings (SSSR count). The number of hydrogen-bond donors (Lipinski definition) is 0. The number of hydrogen-bond acceptors (Lipinski definition) is 2. The number of rotatable bonds is 9. The molecule has 0 aliphatic carbocycles. The van der Waals surface area contributed by atoms with Crippen molar-refractivity contribution in [3.8, 4) is 0 Å². The Morgan fingerprint density at radius 3 is 2.20 bits per heavy atom. The van der Waals surface area contributed by atoms with Crippen LogP contribution in [0.1, 0.15) is 59.8 Å². The van der Waals surface area contributed by atoms with Gasteiger partial charge >= 0.3 is 0 Å². The van der Waals surface area contributed by atoms with Crippen molar-refractivity contribution in [3.05, 3.63) is 11.8 Å². The van der Waals surface area contributed by atoms with Crippen molar-refractivity contribution in [2.45, 2.75) is 85.5 Å². The first kappa shape index (κ1) is 19.9. The molecule has 0 spiro atoms. The van der Waals surface area contributed by atoms with Crippen molar-refractivity contribution in [2.75, 3.05) is 0 Å². The van der Waals surface area contributed by atoms with Crippen LogP contribution in [0.15, 0.2) is 11.8 Å². The lowest BCUT2D eigenvalue weighted by molar-refractivity contribution is 0.180. The van der Waals surface area contributed by atoms with Crippen LogP contribution in [0.4, 0.5) is 0 Å². The zero-order valence-corrected chi connectivity index (χ0v) is 18.0. The Morgan fingerprint density at radius 2 is 1.80 bits per heavy atom. The van der Waals surface area contributed by atoms with E-state index < -0.39 is 8.32 Å². The SMILES string of the molecule is CCCCCC(CC=C(O[SiH3])C(C)(C)C)O[Si](C)(C)C. The number of allylic oxidation sites excluding steroid dienone is 1. The lowest BCUT2D eigenvalue weighted by Crippen LogP contribution is -2.32. The first-order valence-electron chi connectivity index (χ1n) is 8.02. The van der Waals surface area contributed by atoms with E-state index in [0.717, 1.165) is 22.7 Å². The zero-order chi connectivity index (χ0) is 15.8. The van der Waals surface area contributed by atoms with Crippen LogP contribution in [0, 0.1) is 5.41 Å². The molecule has 0 N–H and O–H groups in total. The Hall–Kier alpha value is -0.0662. The van der Waals surface area contributed by atoms with Gasteiger partial charge in [-0.1, -0.05) is 47.0 Å². The van der Waals surface area contributed by atoms with Gasteiger partial charge in [0.15, 0.2) is 8.32 Å². The zero-order valence-electron chi connectivity index (χ0n) is 15.0. The minimum absolute atomic E-state index is 0.106. The minimum atomic E-state index is -1.47. The van der Waals surface area contributed by atoms with Crippen LogP contribution < -0.4 is 0 Å². The van der Waals surface area contributed by atoms with Gasteiger partial charge in [-0.05, 0) is 38.6 Å². The smallest absolute Gasteiger partial charge is 0.203 e. The topological polar surface area (TPSA) is 18.5 Å². The molecule has 0 bridgehead atoms. The monoisotopic (exact) mass is 316 g/mol. The molecule has 0 aliphatic rings. The molecule has 120 valence electrons. The van der Waals surface area contributed by atoms with Crippen LogP contribution in [-0.2, 0) is 8.85 Å². The first-order chi connectivity index (χ1) is 9.10. The highest BCUT2D eigenvalue weighted by molar-refractivity contribution is 6.69. The quantitative estimate of drug-likeness (QED) is 0.356. The summed E-state index contributed by atoms with van der Waals surface area (Å²) in [6.07, 6.45) is 8.64. The van der Waals surface area contributed by atoms with Crippen molar-refractivity contribution >= 4 is 18.8 Å². The highest BCUT2D eigenvalue weighted by Crippen LogP contribution is 2.27. The van der Waals surface area contributed by atoms with Crippen molar-refractivity contribution < 1.29 is 8.85 Å². The molecule has 0 amide bonds. The average molecular weight is 317 g/mol. The molecule has 2 nitrogen and oxygen atoms in total. The lowest BCUT2D eigenvalue weighted by atomic mass is 9.92. The Balaban J connectivity index is 4.65. The average Bonchev–Trinajstić information content (AvgIpc) is 2.25. The van der Waals surface area contributed by atoms with E-state index in [1.165, 1.54) is 25.7 Å². The highest BCUT2D eigenvalue weighted by atomic mass is 28.4. The maximum Gasteiger partial charge on any atom is 0.203 e. The van der Waals surface area contributed by atoms with Gasteiger partial charge in [0.05, 0.1) is 5.76 Å². The summed E-state index contributed by atoms with van der Waals surface area (Å²) in [5.74, 6) is 1.13. The van der Waals surface area contributed by atoms with E-state index in [-0.39, 0.29) is 5.41 Å². The van der Waals surface area contributed by atoms with Crippen LogP contribution >= 0.6 is 0 Å². The molecule has 0 saturated heterocycles. The van der Waals surface area contributed by atoms with Gasteiger partial charge in [-0.25, -0.2) is 0 Å². The second kappa shape index (κ2) is 9.05. The third-order valence-electron chi connectivity index (χ3n) is 3.18. The predicted molar refractivity (Wildman–Crippen MR) is 95.5 cm³/mol. The summed E-state index contributed by atoms with van der Waals surface area (Å²) in [6.45, 7) is 15.7. The molecular formula is C16H36O2Si2. The molecule has 1 atom stereocenters. The number of unbranched alkanes of at least 4 members (excludes halogenated alkanes) is 2. The normalized spacial score (nSPS) is 15.4. The molecule has 1 unspecified atom stereocenters. The van der Waals surface area contributed by atoms with Gasteiger partial charge in [-0.2, -0.15) is 0 Å². The minimum Gasteiger partial charge on any atom is -0.556 e. The van der Waals surface area contributed by atoms with Gasteiger partial charge in [-0.15, -0.1) is 0 Å².